The highest BCUT2D eigenvalue weighted by Crippen LogP contribution is 2.42. The molecule has 1 aliphatic heterocycles. The van der Waals surface area contributed by atoms with E-state index in [1.54, 1.807) is 6.92 Å². The maximum atomic E-state index is 12.6. The molecule has 1 atom stereocenters. The van der Waals surface area contributed by atoms with Crippen LogP contribution in [0.1, 0.15) is 50.7 Å². The van der Waals surface area contributed by atoms with Crippen LogP contribution in [0.2, 0.25) is 0 Å². The molecule has 2 N–H and O–H groups in total. The van der Waals surface area contributed by atoms with Crippen molar-refractivity contribution in [2.75, 3.05) is 11.9 Å². The molecular formula is C19H25N3O3. The largest absolute Gasteiger partial charge is 0.325 e. The van der Waals surface area contributed by atoms with Gasteiger partial charge in [0.15, 0.2) is 0 Å². The van der Waals surface area contributed by atoms with Crippen molar-refractivity contribution in [2.45, 2.75) is 52.0 Å². The summed E-state index contributed by atoms with van der Waals surface area (Å²) < 4.78 is 0. The highest BCUT2D eigenvalue weighted by molar-refractivity contribution is 6.10. The molecule has 134 valence electrons. The Bertz CT molecular complexity index is 739. The number of rotatable bonds is 5. The number of carbonyl (C=O) groups is 3. The second-order valence-electron chi connectivity index (χ2n) is 7.54. The van der Waals surface area contributed by atoms with Gasteiger partial charge in [0.2, 0.25) is 5.91 Å². The fraction of sp³-hybridized carbons (Fsp3) is 0.526. The van der Waals surface area contributed by atoms with Gasteiger partial charge in [0.05, 0.1) is 0 Å². The number of nitrogens with zero attached hydrogens (tertiary/aromatic N) is 1. The lowest BCUT2D eigenvalue weighted by Crippen LogP contribution is -2.46. The van der Waals surface area contributed by atoms with E-state index in [1.165, 1.54) is 0 Å². The smallest absolute Gasteiger partial charge is 0.324 e. The number of anilines is 1. The Kier molecular flexibility index (Phi) is 4.31. The zero-order chi connectivity index (χ0) is 18.4. The van der Waals surface area contributed by atoms with Gasteiger partial charge in [-0.2, -0.15) is 0 Å². The predicted octanol–water partition coefficient (Wildman–Crippen LogP) is 2.78. The van der Waals surface area contributed by atoms with Gasteiger partial charge in [0.1, 0.15) is 12.1 Å². The van der Waals surface area contributed by atoms with Crippen LogP contribution in [0, 0.1) is 12.8 Å². The Morgan fingerprint density at radius 2 is 2.04 bits per heavy atom. The number of amides is 4. The molecule has 4 amide bonds. The molecule has 6 nitrogen and oxygen atoms in total. The summed E-state index contributed by atoms with van der Waals surface area (Å²) in [6.45, 7) is 7.53. The number of urea groups is 1. The molecule has 25 heavy (non-hydrogen) atoms. The minimum atomic E-state index is -0.858. The minimum absolute atomic E-state index is 0.181. The number of hydrogen-bond acceptors (Lipinski definition) is 3. The molecule has 1 aliphatic carbocycles. The molecule has 3 rings (SSSR count). The quantitative estimate of drug-likeness (QED) is 0.807. The molecule has 1 saturated carbocycles. The molecule has 1 aromatic rings. The van der Waals surface area contributed by atoms with Gasteiger partial charge in [-0.1, -0.05) is 32.0 Å². The maximum Gasteiger partial charge on any atom is 0.325 e. The van der Waals surface area contributed by atoms with E-state index in [0.717, 1.165) is 34.6 Å². The van der Waals surface area contributed by atoms with Crippen LogP contribution in [-0.2, 0) is 9.59 Å². The fourth-order valence-electron chi connectivity index (χ4n) is 3.46. The van der Waals surface area contributed by atoms with E-state index in [0.29, 0.717) is 0 Å². The Balaban J connectivity index is 1.74. The lowest BCUT2D eigenvalue weighted by molar-refractivity contribution is -0.134. The molecule has 2 fully saturated rings. The van der Waals surface area contributed by atoms with E-state index in [-0.39, 0.29) is 30.2 Å². The van der Waals surface area contributed by atoms with E-state index in [2.05, 4.69) is 24.5 Å². The minimum Gasteiger partial charge on any atom is -0.324 e. The average molecular weight is 343 g/mol. The molecule has 1 saturated heterocycles. The summed E-state index contributed by atoms with van der Waals surface area (Å²) in [5.41, 5.74) is 1.90. The van der Waals surface area contributed by atoms with Crippen LogP contribution in [-0.4, -0.2) is 34.8 Å². The molecule has 0 bridgehead atoms. The van der Waals surface area contributed by atoms with Crippen molar-refractivity contribution < 1.29 is 14.4 Å². The standard InChI is InChI=1S/C19H25N3O3/c1-11(2)14-7-5-6-12(3)16(14)20-15(23)10-22-17(24)19(4,13-8-9-13)21-18(22)25/h5-7,11,13H,8-10H2,1-4H3,(H,20,23)(H,21,25). The van der Waals surface area contributed by atoms with Crippen LogP contribution in [0.4, 0.5) is 10.5 Å². The second-order valence-corrected chi connectivity index (χ2v) is 7.54. The van der Waals surface area contributed by atoms with Crippen molar-refractivity contribution >= 4 is 23.5 Å². The summed E-state index contributed by atoms with van der Waals surface area (Å²) >= 11 is 0. The van der Waals surface area contributed by atoms with Gasteiger partial charge in [0.25, 0.3) is 5.91 Å². The number of aryl methyl sites for hydroxylation is 1. The Hall–Kier alpha value is -2.37. The number of carbonyl (C=O) groups excluding carboxylic acids is 3. The normalized spacial score (nSPS) is 23.2. The van der Waals surface area contributed by atoms with Gasteiger partial charge in [-0.05, 0) is 49.7 Å². The fourth-order valence-corrected chi connectivity index (χ4v) is 3.46. The molecule has 0 spiro atoms. The summed E-state index contributed by atoms with van der Waals surface area (Å²) in [7, 11) is 0. The summed E-state index contributed by atoms with van der Waals surface area (Å²) in [6, 6.07) is 5.38. The van der Waals surface area contributed by atoms with Gasteiger partial charge >= 0.3 is 6.03 Å². The van der Waals surface area contributed by atoms with Crippen LogP contribution in [0.15, 0.2) is 18.2 Å². The third-order valence-corrected chi connectivity index (χ3v) is 5.19. The van der Waals surface area contributed by atoms with Gasteiger partial charge in [-0.3, -0.25) is 14.5 Å². The second kappa shape index (κ2) is 6.17. The van der Waals surface area contributed by atoms with Crippen LogP contribution < -0.4 is 10.6 Å². The molecule has 1 unspecified atom stereocenters. The lowest BCUT2D eigenvalue weighted by atomic mass is 9.96. The van der Waals surface area contributed by atoms with Crippen molar-refractivity contribution in [3.05, 3.63) is 29.3 Å². The van der Waals surface area contributed by atoms with Crippen LogP contribution in [0.25, 0.3) is 0 Å². The van der Waals surface area contributed by atoms with Gasteiger partial charge in [-0.15, -0.1) is 0 Å². The third kappa shape index (κ3) is 3.13. The highest BCUT2D eigenvalue weighted by Gasteiger charge is 2.56. The van der Waals surface area contributed by atoms with E-state index in [1.807, 2.05) is 25.1 Å². The zero-order valence-corrected chi connectivity index (χ0v) is 15.2. The van der Waals surface area contributed by atoms with Crippen molar-refractivity contribution in [1.82, 2.24) is 10.2 Å². The van der Waals surface area contributed by atoms with Crippen LogP contribution in [0.5, 0.6) is 0 Å². The Morgan fingerprint density at radius 3 is 2.64 bits per heavy atom. The molecule has 1 aromatic carbocycles. The average Bonchev–Trinajstić information content (AvgIpc) is 3.35. The van der Waals surface area contributed by atoms with E-state index in [4.69, 9.17) is 0 Å². The first kappa shape index (κ1) is 17.5. The summed E-state index contributed by atoms with van der Waals surface area (Å²) in [4.78, 5) is 38.3. The Labute approximate surface area is 148 Å². The SMILES string of the molecule is Cc1cccc(C(C)C)c1NC(=O)CN1C(=O)NC(C)(C2CC2)C1=O. The number of imide groups is 1. The third-order valence-electron chi connectivity index (χ3n) is 5.19. The van der Waals surface area contributed by atoms with Gasteiger partial charge < -0.3 is 10.6 Å². The zero-order valence-electron chi connectivity index (χ0n) is 15.2. The van der Waals surface area contributed by atoms with Crippen LogP contribution >= 0.6 is 0 Å². The molecule has 6 heteroatoms. The topological polar surface area (TPSA) is 78.5 Å². The lowest BCUT2D eigenvalue weighted by Gasteiger charge is -2.21. The van der Waals surface area contributed by atoms with Crippen molar-refractivity contribution in [2.24, 2.45) is 5.92 Å². The number of benzene rings is 1. The van der Waals surface area contributed by atoms with Crippen molar-refractivity contribution in [3.63, 3.8) is 0 Å². The van der Waals surface area contributed by atoms with Crippen LogP contribution in [0.3, 0.4) is 0 Å². The molecule has 2 aliphatic rings. The predicted molar refractivity (Wildman–Crippen MR) is 95.3 cm³/mol. The monoisotopic (exact) mass is 343 g/mol. The van der Waals surface area contributed by atoms with E-state index in [9.17, 15) is 14.4 Å². The highest BCUT2D eigenvalue weighted by atomic mass is 16.2. The molecule has 1 heterocycles. The first-order chi connectivity index (χ1) is 11.7. The number of hydrogen-bond donors (Lipinski definition) is 2. The Morgan fingerprint density at radius 1 is 1.36 bits per heavy atom. The first-order valence-corrected chi connectivity index (χ1v) is 8.77. The first-order valence-electron chi connectivity index (χ1n) is 8.77. The number of para-hydroxylation sites is 1. The van der Waals surface area contributed by atoms with E-state index >= 15 is 0 Å². The van der Waals surface area contributed by atoms with Gasteiger partial charge in [-0.25, -0.2) is 4.79 Å². The van der Waals surface area contributed by atoms with Gasteiger partial charge in [0, 0.05) is 5.69 Å². The van der Waals surface area contributed by atoms with Crippen molar-refractivity contribution in [3.8, 4) is 0 Å². The number of nitrogens with one attached hydrogen (secondary N) is 2. The summed E-state index contributed by atoms with van der Waals surface area (Å²) in [5, 5.41) is 5.65. The summed E-state index contributed by atoms with van der Waals surface area (Å²) in [6.07, 6.45) is 1.87. The molecule has 0 aromatic heterocycles. The molecule has 0 radical (unpaired) electrons. The maximum absolute atomic E-state index is 12.6. The van der Waals surface area contributed by atoms with Crippen molar-refractivity contribution in [1.29, 1.82) is 0 Å². The van der Waals surface area contributed by atoms with E-state index < -0.39 is 11.6 Å². The molecular weight excluding hydrogens is 318 g/mol. The summed E-state index contributed by atoms with van der Waals surface area (Å²) in [5.74, 6) is -0.227.